The van der Waals surface area contributed by atoms with Crippen LogP contribution >= 0.6 is 0 Å². The van der Waals surface area contributed by atoms with Gasteiger partial charge in [0.1, 0.15) is 19.3 Å². The summed E-state index contributed by atoms with van der Waals surface area (Å²) in [6.45, 7) is 4.09. The molecule has 0 aromatic heterocycles. The molecule has 1 aliphatic heterocycles. The molecule has 1 fully saturated rings. The van der Waals surface area contributed by atoms with Gasteiger partial charge in [0.2, 0.25) is 0 Å². The maximum atomic E-state index is 11.8. The van der Waals surface area contributed by atoms with Crippen molar-refractivity contribution in [3.05, 3.63) is 36.5 Å². The van der Waals surface area contributed by atoms with Crippen LogP contribution in [-0.4, -0.2) is 48.6 Å². The molecule has 1 N–H and O–H groups in total. The van der Waals surface area contributed by atoms with Crippen LogP contribution in [0.15, 0.2) is 36.5 Å². The van der Waals surface area contributed by atoms with E-state index in [4.69, 9.17) is 14.2 Å². The molecule has 6 heteroatoms. The highest BCUT2D eigenvalue weighted by molar-refractivity contribution is 5.69. The molecular weight excluding hydrogens is 468 g/mol. The second-order valence-electron chi connectivity index (χ2n) is 9.91. The molecule has 1 rings (SSSR count). The second kappa shape index (κ2) is 23.2. The molecule has 212 valence electrons. The van der Waals surface area contributed by atoms with Gasteiger partial charge in [0.05, 0.1) is 12.2 Å². The van der Waals surface area contributed by atoms with E-state index in [-0.39, 0.29) is 25.2 Å². The lowest BCUT2D eigenvalue weighted by Gasteiger charge is -2.12. The standard InChI is InChI=1S/C31H52O6/c1-3-5-7-14-19-23-30(33)35-25-27(32)26-36-31(34)24-20-16-13-11-9-8-10-12-15-18-22-29-28(37-29)21-17-6-4-2/h8,10-11,13,15,18,27-29,32H,3-7,9,12,14,16-17,19-26H2,1-2H3/b10-8-,13-11-,18-15-/t27-,28?,29?/m0/s1. The maximum absolute atomic E-state index is 11.8. The molecule has 0 amide bonds. The highest BCUT2D eigenvalue weighted by atomic mass is 16.6. The van der Waals surface area contributed by atoms with Gasteiger partial charge in [-0.05, 0) is 44.9 Å². The summed E-state index contributed by atoms with van der Waals surface area (Å²) in [7, 11) is 0. The molecule has 6 nitrogen and oxygen atoms in total. The number of aliphatic hydroxyl groups excluding tert-OH is 1. The van der Waals surface area contributed by atoms with E-state index >= 15 is 0 Å². The predicted molar refractivity (Wildman–Crippen MR) is 149 cm³/mol. The van der Waals surface area contributed by atoms with Gasteiger partial charge in [0, 0.05) is 12.8 Å². The summed E-state index contributed by atoms with van der Waals surface area (Å²) in [5.41, 5.74) is 0. The first kappa shape index (κ1) is 33.1. The zero-order valence-electron chi connectivity index (χ0n) is 23.4. The van der Waals surface area contributed by atoms with Crippen molar-refractivity contribution in [2.24, 2.45) is 0 Å². The Morgan fingerprint density at radius 1 is 0.730 bits per heavy atom. The smallest absolute Gasteiger partial charge is 0.305 e. The number of carbonyl (C=O) groups excluding carboxylic acids is 2. The van der Waals surface area contributed by atoms with Crippen molar-refractivity contribution in [1.29, 1.82) is 0 Å². The van der Waals surface area contributed by atoms with Crippen LogP contribution in [0.4, 0.5) is 0 Å². The molecular formula is C31H52O6. The first-order valence-corrected chi connectivity index (χ1v) is 14.7. The van der Waals surface area contributed by atoms with Crippen LogP contribution in [0.1, 0.15) is 117 Å². The van der Waals surface area contributed by atoms with Crippen LogP contribution in [0.2, 0.25) is 0 Å². The molecule has 3 atom stereocenters. The van der Waals surface area contributed by atoms with Gasteiger partial charge in [-0.2, -0.15) is 0 Å². The Kier molecular flexibility index (Phi) is 20.8. The third-order valence-corrected chi connectivity index (χ3v) is 6.30. The zero-order chi connectivity index (χ0) is 27.0. The molecule has 1 aliphatic rings. The van der Waals surface area contributed by atoms with E-state index in [1.54, 1.807) is 0 Å². The summed E-state index contributed by atoms with van der Waals surface area (Å²) < 4.78 is 15.8. The molecule has 0 saturated carbocycles. The summed E-state index contributed by atoms with van der Waals surface area (Å²) in [5.74, 6) is -0.653. The molecule has 0 aromatic carbocycles. The Morgan fingerprint density at radius 2 is 1.30 bits per heavy atom. The predicted octanol–water partition coefficient (Wildman–Crippen LogP) is 7.15. The average Bonchev–Trinajstić information content (AvgIpc) is 3.64. The summed E-state index contributed by atoms with van der Waals surface area (Å²) in [5, 5.41) is 9.84. The maximum Gasteiger partial charge on any atom is 0.305 e. The third-order valence-electron chi connectivity index (χ3n) is 6.30. The first-order valence-electron chi connectivity index (χ1n) is 14.7. The molecule has 1 heterocycles. The minimum absolute atomic E-state index is 0.137. The van der Waals surface area contributed by atoms with Crippen molar-refractivity contribution in [2.75, 3.05) is 13.2 Å². The first-order chi connectivity index (χ1) is 18.1. The molecule has 2 unspecified atom stereocenters. The number of hydrogen-bond donors (Lipinski definition) is 1. The van der Waals surface area contributed by atoms with Crippen LogP contribution in [0, 0.1) is 0 Å². The van der Waals surface area contributed by atoms with E-state index in [9.17, 15) is 14.7 Å². The van der Waals surface area contributed by atoms with Gasteiger partial charge in [-0.1, -0.05) is 95.2 Å². The summed E-state index contributed by atoms with van der Waals surface area (Å²) >= 11 is 0. The van der Waals surface area contributed by atoms with E-state index in [2.05, 4.69) is 50.3 Å². The fourth-order valence-electron chi connectivity index (χ4n) is 3.93. The molecule has 0 radical (unpaired) electrons. The minimum Gasteiger partial charge on any atom is -0.463 e. The Bertz CT molecular complexity index is 669. The third kappa shape index (κ3) is 20.8. The van der Waals surface area contributed by atoms with Crippen LogP contribution in [0.25, 0.3) is 0 Å². The number of esters is 2. The van der Waals surface area contributed by atoms with Gasteiger partial charge in [0.15, 0.2) is 0 Å². The Balaban J connectivity index is 1.92. The lowest BCUT2D eigenvalue weighted by Crippen LogP contribution is -2.25. The Morgan fingerprint density at radius 3 is 1.97 bits per heavy atom. The van der Waals surface area contributed by atoms with Crippen LogP contribution in [0.3, 0.4) is 0 Å². The summed E-state index contributed by atoms with van der Waals surface area (Å²) in [6.07, 6.45) is 28.3. The van der Waals surface area contributed by atoms with E-state index in [1.807, 2.05) is 0 Å². The highest BCUT2D eigenvalue weighted by Crippen LogP contribution is 2.30. The van der Waals surface area contributed by atoms with E-state index in [1.165, 1.54) is 38.5 Å². The van der Waals surface area contributed by atoms with Crippen molar-refractivity contribution < 1.29 is 28.9 Å². The van der Waals surface area contributed by atoms with E-state index < -0.39 is 6.10 Å². The van der Waals surface area contributed by atoms with Crippen molar-refractivity contribution >= 4 is 11.9 Å². The number of epoxide rings is 1. The van der Waals surface area contributed by atoms with Gasteiger partial charge in [0.25, 0.3) is 0 Å². The molecule has 0 spiro atoms. The fraction of sp³-hybridized carbons (Fsp3) is 0.742. The topological polar surface area (TPSA) is 85.4 Å². The Labute approximate surface area is 225 Å². The van der Waals surface area contributed by atoms with Crippen molar-refractivity contribution in [2.45, 2.75) is 135 Å². The number of allylic oxidation sites excluding steroid dienone is 5. The van der Waals surface area contributed by atoms with Crippen LogP contribution in [-0.2, 0) is 23.8 Å². The molecule has 0 bridgehead atoms. The zero-order valence-corrected chi connectivity index (χ0v) is 23.4. The summed E-state index contributed by atoms with van der Waals surface area (Å²) in [6, 6.07) is 0. The minimum atomic E-state index is -0.982. The van der Waals surface area contributed by atoms with Gasteiger partial charge in [-0.25, -0.2) is 0 Å². The van der Waals surface area contributed by atoms with Gasteiger partial charge in [-0.15, -0.1) is 0 Å². The van der Waals surface area contributed by atoms with Gasteiger partial charge < -0.3 is 19.3 Å². The summed E-state index contributed by atoms with van der Waals surface area (Å²) in [4.78, 5) is 23.5. The second-order valence-corrected chi connectivity index (χ2v) is 9.91. The SMILES string of the molecule is CCCCCCCC(=O)OC[C@H](O)COC(=O)CCC/C=C\C/C=C\C/C=C\CC1OC1CCCCC. The van der Waals surface area contributed by atoms with E-state index in [0.29, 0.717) is 31.5 Å². The number of rotatable bonds is 24. The monoisotopic (exact) mass is 520 g/mol. The number of ether oxygens (including phenoxy) is 3. The van der Waals surface area contributed by atoms with Crippen molar-refractivity contribution in [3.8, 4) is 0 Å². The van der Waals surface area contributed by atoms with Gasteiger partial charge in [-0.3, -0.25) is 9.59 Å². The number of aliphatic hydroxyl groups is 1. The molecule has 37 heavy (non-hydrogen) atoms. The van der Waals surface area contributed by atoms with Gasteiger partial charge >= 0.3 is 11.9 Å². The molecule has 0 aliphatic carbocycles. The number of carbonyl (C=O) groups is 2. The largest absolute Gasteiger partial charge is 0.463 e. The number of unbranched alkanes of at least 4 members (excludes halogenated alkanes) is 7. The lowest BCUT2D eigenvalue weighted by atomic mass is 10.1. The van der Waals surface area contributed by atoms with Crippen molar-refractivity contribution in [1.82, 2.24) is 0 Å². The fourth-order valence-corrected chi connectivity index (χ4v) is 3.93. The quantitative estimate of drug-likeness (QED) is 0.0629. The normalized spacial score (nSPS) is 18.1. The average molecular weight is 521 g/mol. The van der Waals surface area contributed by atoms with Crippen LogP contribution < -0.4 is 0 Å². The molecule has 0 aromatic rings. The number of hydrogen-bond acceptors (Lipinski definition) is 6. The highest BCUT2D eigenvalue weighted by Gasteiger charge is 2.36. The molecule has 1 saturated heterocycles. The van der Waals surface area contributed by atoms with Crippen molar-refractivity contribution in [3.63, 3.8) is 0 Å². The van der Waals surface area contributed by atoms with Crippen LogP contribution in [0.5, 0.6) is 0 Å². The Hall–Kier alpha value is -1.92. The lowest BCUT2D eigenvalue weighted by molar-refractivity contribution is -0.152. The van der Waals surface area contributed by atoms with E-state index in [0.717, 1.165) is 44.9 Å².